The molecule has 102 valence electrons. The van der Waals surface area contributed by atoms with Gasteiger partial charge in [0.15, 0.2) is 5.78 Å². The fourth-order valence-corrected chi connectivity index (χ4v) is 3.11. The predicted octanol–water partition coefficient (Wildman–Crippen LogP) is 1.48. The maximum absolute atomic E-state index is 12.3. The van der Waals surface area contributed by atoms with Crippen LogP contribution in [0.25, 0.3) is 0 Å². The van der Waals surface area contributed by atoms with Gasteiger partial charge in [-0.25, -0.2) is 0 Å². The Kier molecular flexibility index (Phi) is 3.86. The molecule has 2 aliphatic rings. The number of benzene rings is 1. The second kappa shape index (κ2) is 5.61. The lowest BCUT2D eigenvalue weighted by Crippen LogP contribution is -2.47. The summed E-state index contributed by atoms with van der Waals surface area (Å²) in [6.45, 7) is 2.59. The molecule has 4 nitrogen and oxygen atoms in total. The van der Waals surface area contributed by atoms with E-state index < -0.39 is 0 Å². The van der Waals surface area contributed by atoms with Crippen molar-refractivity contribution in [3.8, 4) is 5.75 Å². The summed E-state index contributed by atoms with van der Waals surface area (Å²) in [5.41, 5.74) is 2.16. The molecule has 1 aromatic rings. The molecule has 19 heavy (non-hydrogen) atoms. The molecule has 0 radical (unpaired) electrons. The summed E-state index contributed by atoms with van der Waals surface area (Å²) < 4.78 is 12.0. The number of carbonyl (C=O) groups is 1. The minimum Gasteiger partial charge on any atom is -0.493 e. The number of Topliss-reactive ketones (excluding diaryl/α,β-unsaturated/α-hetero) is 1. The van der Waals surface area contributed by atoms with Crippen molar-refractivity contribution >= 4 is 21.7 Å². The first kappa shape index (κ1) is 13.1. The van der Waals surface area contributed by atoms with Crippen LogP contribution in [0.4, 0.5) is 0 Å². The highest BCUT2D eigenvalue weighted by Crippen LogP contribution is 2.33. The number of nitrogens with one attached hydrogen (secondary N) is 1. The van der Waals surface area contributed by atoms with E-state index in [4.69, 9.17) is 9.47 Å². The molecule has 0 saturated carbocycles. The Labute approximate surface area is 120 Å². The van der Waals surface area contributed by atoms with Gasteiger partial charge < -0.3 is 14.8 Å². The van der Waals surface area contributed by atoms with Gasteiger partial charge >= 0.3 is 0 Å². The zero-order valence-electron chi connectivity index (χ0n) is 10.6. The molecule has 0 bridgehead atoms. The largest absolute Gasteiger partial charge is 0.493 e. The summed E-state index contributed by atoms with van der Waals surface area (Å²) in [6, 6.07) is 3.86. The average molecular weight is 326 g/mol. The van der Waals surface area contributed by atoms with Crippen LogP contribution in [0.5, 0.6) is 5.75 Å². The van der Waals surface area contributed by atoms with Crippen LogP contribution >= 0.6 is 15.9 Å². The molecule has 1 N–H and O–H groups in total. The summed E-state index contributed by atoms with van der Waals surface area (Å²) in [4.78, 5) is 12.3. The van der Waals surface area contributed by atoms with Crippen molar-refractivity contribution in [1.82, 2.24) is 5.32 Å². The normalized spacial score (nSPS) is 21.8. The van der Waals surface area contributed by atoms with Gasteiger partial charge in [-0.05, 0) is 17.7 Å². The number of fused-ring (bicyclic) bond motifs is 1. The molecule has 0 amide bonds. The van der Waals surface area contributed by atoms with E-state index in [0.29, 0.717) is 26.2 Å². The van der Waals surface area contributed by atoms with Crippen molar-refractivity contribution < 1.29 is 14.3 Å². The van der Waals surface area contributed by atoms with E-state index in [9.17, 15) is 4.79 Å². The highest BCUT2D eigenvalue weighted by molar-refractivity contribution is 9.10. The summed E-state index contributed by atoms with van der Waals surface area (Å²) in [7, 11) is 0. The smallest absolute Gasteiger partial charge is 0.156 e. The van der Waals surface area contributed by atoms with Gasteiger partial charge in [-0.2, -0.15) is 0 Å². The van der Waals surface area contributed by atoms with Crippen LogP contribution in [-0.2, 0) is 22.4 Å². The van der Waals surface area contributed by atoms with E-state index in [1.54, 1.807) is 0 Å². The van der Waals surface area contributed by atoms with Gasteiger partial charge in [-0.1, -0.05) is 15.9 Å². The van der Waals surface area contributed by atoms with E-state index in [0.717, 1.165) is 28.8 Å². The van der Waals surface area contributed by atoms with Gasteiger partial charge in [0.25, 0.3) is 0 Å². The Hall–Kier alpha value is -0.910. The average Bonchev–Trinajstić information content (AvgIpc) is 2.88. The van der Waals surface area contributed by atoms with E-state index >= 15 is 0 Å². The van der Waals surface area contributed by atoms with Crippen molar-refractivity contribution in [2.75, 3.05) is 26.4 Å². The molecule has 2 heterocycles. The van der Waals surface area contributed by atoms with Gasteiger partial charge in [0.2, 0.25) is 0 Å². The highest BCUT2D eigenvalue weighted by atomic mass is 79.9. The maximum atomic E-state index is 12.3. The Morgan fingerprint density at radius 3 is 3.11 bits per heavy atom. The fraction of sp³-hybridized carbons (Fsp3) is 0.500. The molecular weight excluding hydrogens is 310 g/mol. The maximum Gasteiger partial charge on any atom is 0.156 e. The van der Waals surface area contributed by atoms with Crippen LogP contribution in [0.2, 0.25) is 0 Å². The van der Waals surface area contributed by atoms with E-state index in [1.165, 1.54) is 5.56 Å². The molecule has 5 heteroatoms. The van der Waals surface area contributed by atoms with Crippen LogP contribution < -0.4 is 10.1 Å². The monoisotopic (exact) mass is 325 g/mol. The summed E-state index contributed by atoms with van der Waals surface area (Å²) in [6.07, 6.45) is 1.31. The van der Waals surface area contributed by atoms with Gasteiger partial charge in [0.1, 0.15) is 5.75 Å². The Morgan fingerprint density at radius 1 is 1.42 bits per heavy atom. The lowest BCUT2D eigenvalue weighted by Gasteiger charge is -2.22. The van der Waals surface area contributed by atoms with Gasteiger partial charge in [-0.3, -0.25) is 4.79 Å². The van der Waals surface area contributed by atoms with Crippen molar-refractivity contribution in [3.05, 3.63) is 27.7 Å². The second-order valence-electron chi connectivity index (χ2n) is 4.88. The third-order valence-electron chi connectivity index (χ3n) is 3.50. The van der Waals surface area contributed by atoms with Crippen LogP contribution in [0, 0.1) is 0 Å². The molecule has 1 aromatic carbocycles. The number of halogens is 1. The van der Waals surface area contributed by atoms with Crippen LogP contribution in [0.3, 0.4) is 0 Å². The van der Waals surface area contributed by atoms with Crippen molar-refractivity contribution in [2.45, 2.75) is 18.9 Å². The second-order valence-corrected chi connectivity index (χ2v) is 5.79. The van der Waals surface area contributed by atoms with Gasteiger partial charge in [0, 0.05) is 29.4 Å². The van der Waals surface area contributed by atoms with Crippen molar-refractivity contribution in [3.63, 3.8) is 0 Å². The van der Waals surface area contributed by atoms with E-state index in [1.807, 2.05) is 6.07 Å². The topological polar surface area (TPSA) is 47.6 Å². The van der Waals surface area contributed by atoms with Crippen LogP contribution in [0.1, 0.15) is 11.1 Å². The van der Waals surface area contributed by atoms with Gasteiger partial charge in [0.05, 0.1) is 25.9 Å². The minimum absolute atomic E-state index is 0.163. The number of morpholine rings is 1. The molecule has 0 aromatic heterocycles. The zero-order chi connectivity index (χ0) is 13.2. The van der Waals surface area contributed by atoms with E-state index in [2.05, 4.69) is 27.3 Å². The number of rotatable bonds is 3. The predicted molar refractivity (Wildman–Crippen MR) is 74.7 cm³/mol. The highest BCUT2D eigenvalue weighted by Gasteiger charge is 2.24. The number of hydrogen-bond acceptors (Lipinski definition) is 4. The molecule has 1 unspecified atom stereocenters. The third kappa shape index (κ3) is 2.83. The first-order valence-electron chi connectivity index (χ1n) is 6.52. The molecule has 1 saturated heterocycles. The first-order valence-corrected chi connectivity index (χ1v) is 7.31. The van der Waals surface area contributed by atoms with Gasteiger partial charge in [-0.15, -0.1) is 0 Å². The summed E-state index contributed by atoms with van der Waals surface area (Å²) in [5.74, 6) is 1.06. The number of ketones is 1. The zero-order valence-corrected chi connectivity index (χ0v) is 12.2. The first-order chi connectivity index (χ1) is 9.24. The molecule has 1 fully saturated rings. The quantitative estimate of drug-likeness (QED) is 0.914. The minimum atomic E-state index is -0.190. The molecule has 3 rings (SSSR count). The lowest BCUT2D eigenvalue weighted by atomic mass is 10.0. The Morgan fingerprint density at radius 2 is 2.32 bits per heavy atom. The Balaban J connectivity index is 1.77. The lowest BCUT2D eigenvalue weighted by molar-refractivity contribution is -0.123. The number of carbonyl (C=O) groups excluding carboxylic acids is 1. The summed E-state index contributed by atoms with van der Waals surface area (Å²) >= 11 is 3.49. The molecule has 1 atom stereocenters. The van der Waals surface area contributed by atoms with Crippen molar-refractivity contribution in [1.29, 1.82) is 0 Å². The van der Waals surface area contributed by atoms with E-state index in [-0.39, 0.29) is 11.8 Å². The molecule has 0 spiro atoms. The number of ether oxygens (including phenoxy) is 2. The fourth-order valence-electron chi connectivity index (χ4n) is 2.56. The third-order valence-corrected chi connectivity index (χ3v) is 3.96. The number of hydrogen-bond donors (Lipinski definition) is 1. The SMILES string of the molecule is O=C(Cc1cc(Br)cc2c1OCC2)C1COCCN1. The van der Waals surface area contributed by atoms with Crippen molar-refractivity contribution in [2.24, 2.45) is 0 Å². The molecule has 0 aliphatic carbocycles. The van der Waals surface area contributed by atoms with Crippen LogP contribution in [0.15, 0.2) is 16.6 Å². The summed E-state index contributed by atoms with van der Waals surface area (Å²) in [5, 5.41) is 3.19. The van der Waals surface area contributed by atoms with Crippen LogP contribution in [-0.4, -0.2) is 38.2 Å². The Bertz CT molecular complexity index is 498. The molecule has 2 aliphatic heterocycles. The molecular formula is C14H16BrNO3. The standard InChI is InChI=1S/C14H16BrNO3/c15-11-5-9-1-3-19-14(9)10(6-11)7-13(17)12-8-18-4-2-16-12/h5-6,12,16H,1-4,7-8H2.